The van der Waals surface area contributed by atoms with Gasteiger partial charge in [0, 0.05) is 6.54 Å². The average molecular weight is 265 g/mol. The van der Waals surface area contributed by atoms with Crippen LogP contribution in [0.3, 0.4) is 0 Å². The number of likely N-dealkylation sites (N-methyl/N-ethyl adjacent to an activating group) is 2. The maximum atomic E-state index is 5.80. The lowest BCUT2D eigenvalue weighted by Gasteiger charge is -2.31. The van der Waals surface area contributed by atoms with Gasteiger partial charge in [-0.15, -0.1) is 0 Å². The van der Waals surface area contributed by atoms with Crippen LogP contribution in [0.15, 0.2) is 24.3 Å². The van der Waals surface area contributed by atoms with Gasteiger partial charge in [0.15, 0.2) is 0 Å². The van der Waals surface area contributed by atoms with Crippen LogP contribution >= 0.6 is 0 Å². The molecule has 0 heterocycles. The number of hydrogen-bond acceptors (Lipinski definition) is 2. The molecule has 108 valence electrons. The summed E-state index contributed by atoms with van der Waals surface area (Å²) in [7, 11) is 6.70. The molecule has 0 aliphatic heterocycles. The molecule has 3 nitrogen and oxygen atoms in total. The van der Waals surface area contributed by atoms with E-state index in [4.69, 9.17) is 4.74 Å². The topological polar surface area (TPSA) is 12.5 Å². The number of hydrogen-bond donors (Lipinski definition) is 0. The van der Waals surface area contributed by atoms with Gasteiger partial charge in [0.05, 0.1) is 20.6 Å². The van der Waals surface area contributed by atoms with E-state index < -0.39 is 0 Å². The van der Waals surface area contributed by atoms with E-state index in [1.165, 1.54) is 5.56 Å². The molecule has 0 aliphatic rings. The number of nitrogens with zero attached hydrogens (tertiary/aromatic N) is 2. The van der Waals surface area contributed by atoms with Crippen molar-refractivity contribution < 1.29 is 9.22 Å². The Morgan fingerprint density at radius 1 is 1.11 bits per heavy atom. The molecule has 0 fully saturated rings. The molecule has 0 bridgehead atoms. The fraction of sp³-hybridized carbons (Fsp3) is 0.625. The van der Waals surface area contributed by atoms with Crippen LogP contribution in [0.25, 0.3) is 0 Å². The molecule has 0 aromatic heterocycles. The minimum Gasteiger partial charge on any atom is -0.488 e. The third-order valence-corrected chi connectivity index (χ3v) is 3.61. The van der Waals surface area contributed by atoms with E-state index in [-0.39, 0.29) is 0 Å². The van der Waals surface area contributed by atoms with E-state index in [1.54, 1.807) is 0 Å². The highest BCUT2D eigenvalue weighted by Crippen LogP contribution is 2.11. The van der Waals surface area contributed by atoms with Crippen molar-refractivity contribution in [2.24, 2.45) is 0 Å². The molecule has 0 spiro atoms. The highest BCUT2D eigenvalue weighted by atomic mass is 16.5. The van der Waals surface area contributed by atoms with Gasteiger partial charge in [-0.1, -0.05) is 24.6 Å². The minimum absolute atomic E-state index is 0.770. The summed E-state index contributed by atoms with van der Waals surface area (Å²) < 4.78 is 6.80. The van der Waals surface area contributed by atoms with Crippen LogP contribution in [0.4, 0.5) is 0 Å². The van der Waals surface area contributed by atoms with Crippen molar-refractivity contribution >= 4 is 0 Å². The molecule has 0 aliphatic carbocycles. The van der Waals surface area contributed by atoms with Gasteiger partial charge in [-0.05, 0) is 32.6 Å². The van der Waals surface area contributed by atoms with Crippen LogP contribution in [0.2, 0.25) is 0 Å². The van der Waals surface area contributed by atoms with Crippen molar-refractivity contribution in [1.29, 1.82) is 0 Å². The largest absolute Gasteiger partial charge is 0.488 e. The van der Waals surface area contributed by atoms with E-state index in [0.29, 0.717) is 0 Å². The van der Waals surface area contributed by atoms with Crippen LogP contribution in [-0.2, 0) is 0 Å². The molecular formula is C16H29N2O+. The Balaban J connectivity index is 2.28. The Labute approximate surface area is 118 Å². The lowest BCUT2D eigenvalue weighted by atomic mass is 10.2. The summed E-state index contributed by atoms with van der Waals surface area (Å²) in [6, 6.07) is 8.26. The SMILES string of the molecule is CCN(C)CC[N+](C)(C)CCOc1ccc(C)cc1. The molecule has 0 N–H and O–H groups in total. The summed E-state index contributed by atoms with van der Waals surface area (Å²) >= 11 is 0. The standard InChI is InChI=1S/C16H29N2O/c1-6-17(3)11-12-18(4,5)13-14-19-16-9-7-15(2)8-10-16/h7-10H,6,11-14H2,1-5H3/q+1. The van der Waals surface area contributed by atoms with Crippen molar-refractivity contribution in [1.82, 2.24) is 4.90 Å². The Morgan fingerprint density at radius 2 is 1.74 bits per heavy atom. The van der Waals surface area contributed by atoms with Crippen LogP contribution in [0.5, 0.6) is 5.75 Å². The first kappa shape index (κ1) is 16.0. The third-order valence-electron chi connectivity index (χ3n) is 3.61. The van der Waals surface area contributed by atoms with Crippen molar-refractivity contribution in [3.05, 3.63) is 29.8 Å². The number of rotatable bonds is 8. The summed E-state index contributed by atoms with van der Waals surface area (Å²) in [5.74, 6) is 0.969. The van der Waals surface area contributed by atoms with Crippen molar-refractivity contribution in [2.45, 2.75) is 13.8 Å². The van der Waals surface area contributed by atoms with Gasteiger partial charge in [0.1, 0.15) is 18.9 Å². The number of benzene rings is 1. The zero-order chi connectivity index (χ0) is 14.3. The predicted octanol–water partition coefficient (Wildman–Crippen LogP) is 2.40. The molecule has 1 aromatic rings. The second kappa shape index (κ2) is 7.51. The van der Waals surface area contributed by atoms with Gasteiger partial charge < -0.3 is 14.1 Å². The van der Waals surface area contributed by atoms with Gasteiger partial charge in [-0.3, -0.25) is 0 Å². The van der Waals surface area contributed by atoms with E-state index >= 15 is 0 Å². The first-order valence-electron chi connectivity index (χ1n) is 7.13. The van der Waals surface area contributed by atoms with Crippen LogP contribution < -0.4 is 4.74 Å². The summed E-state index contributed by atoms with van der Waals surface area (Å²) in [6.45, 7) is 9.49. The molecule has 0 radical (unpaired) electrons. The van der Waals surface area contributed by atoms with E-state index in [1.807, 2.05) is 12.1 Å². The van der Waals surface area contributed by atoms with Crippen LogP contribution in [0.1, 0.15) is 12.5 Å². The second-order valence-electron chi connectivity index (χ2n) is 5.94. The van der Waals surface area contributed by atoms with E-state index in [9.17, 15) is 0 Å². The van der Waals surface area contributed by atoms with Gasteiger partial charge in [0.2, 0.25) is 0 Å². The van der Waals surface area contributed by atoms with Gasteiger partial charge in [-0.25, -0.2) is 0 Å². The molecule has 0 atom stereocenters. The Hall–Kier alpha value is -1.06. The highest BCUT2D eigenvalue weighted by molar-refractivity contribution is 5.26. The van der Waals surface area contributed by atoms with Crippen molar-refractivity contribution in [2.75, 3.05) is 53.9 Å². The molecule has 0 unspecified atom stereocenters. The average Bonchev–Trinajstić information content (AvgIpc) is 2.38. The Bertz CT molecular complexity index is 360. The smallest absolute Gasteiger partial charge is 0.137 e. The van der Waals surface area contributed by atoms with E-state index in [0.717, 1.165) is 43.0 Å². The number of ether oxygens (including phenoxy) is 1. The molecule has 0 saturated heterocycles. The summed E-state index contributed by atoms with van der Waals surface area (Å²) in [5.41, 5.74) is 1.27. The highest BCUT2D eigenvalue weighted by Gasteiger charge is 2.15. The predicted molar refractivity (Wildman–Crippen MR) is 81.7 cm³/mol. The summed E-state index contributed by atoms with van der Waals surface area (Å²) in [4.78, 5) is 2.35. The maximum Gasteiger partial charge on any atom is 0.137 e. The molecule has 19 heavy (non-hydrogen) atoms. The fourth-order valence-corrected chi connectivity index (χ4v) is 1.76. The van der Waals surface area contributed by atoms with Crippen molar-refractivity contribution in [3.8, 4) is 5.75 Å². The molecule has 1 aromatic carbocycles. The van der Waals surface area contributed by atoms with Crippen molar-refractivity contribution in [3.63, 3.8) is 0 Å². The zero-order valence-corrected chi connectivity index (χ0v) is 13.1. The van der Waals surface area contributed by atoms with Gasteiger partial charge in [0.25, 0.3) is 0 Å². The Kier molecular flexibility index (Phi) is 6.32. The van der Waals surface area contributed by atoms with Gasteiger partial charge in [-0.2, -0.15) is 0 Å². The summed E-state index contributed by atoms with van der Waals surface area (Å²) in [5, 5.41) is 0. The third kappa shape index (κ3) is 6.60. The molecular weight excluding hydrogens is 236 g/mol. The first-order valence-corrected chi connectivity index (χ1v) is 7.13. The Morgan fingerprint density at radius 3 is 2.32 bits per heavy atom. The normalized spacial score (nSPS) is 11.9. The number of quaternary nitrogens is 1. The lowest BCUT2D eigenvalue weighted by molar-refractivity contribution is -0.889. The number of aryl methyl sites for hydroxylation is 1. The quantitative estimate of drug-likeness (QED) is 0.669. The van der Waals surface area contributed by atoms with E-state index in [2.05, 4.69) is 52.0 Å². The second-order valence-corrected chi connectivity index (χ2v) is 5.94. The first-order chi connectivity index (χ1) is 8.93. The van der Waals surface area contributed by atoms with Crippen LogP contribution in [-0.4, -0.2) is 63.3 Å². The molecule has 1 rings (SSSR count). The zero-order valence-electron chi connectivity index (χ0n) is 13.1. The lowest BCUT2D eigenvalue weighted by Crippen LogP contribution is -2.47. The maximum absolute atomic E-state index is 5.80. The molecule has 0 saturated carbocycles. The van der Waals surface area contributed by atoms with Crippen LogP contribution in [0, 0.1) is 6.92 Å². The molecule has 3 heteroatoms. The van der Waals surface area contributed by atoms with Gasteiger partial charge >= 0.3 is 0 Å². The fourth-order valence-electron chi connectivity index (χ4n) is 1.76. The monoisotopic (exact) mass is 265 g/mol. The summed E-state index contributed by atoms with van der Waals surface area (Å²) in [6.07, 6.45) is 0. The minimum atomic E-state index is 0.770. The molecule has 0 amide bonds.